The van der Waals surface area contributed by atoms with Crippen molar-refractivity contribution >= 4 is 11.0 Å². The summed E-state index contributed by atoms with van der Waals surface area (Å²) < 4.78 is 7.29. The molecule has 0 radical (unpaired) electrons. The van der Waals surface area contributed by atoms with E-state index in [-0.39, 0.29) is 0 Å². The van der Waals surface area contributed by atoms with Gasteiger partial charge >= 0.3 is 0 Å². The molecule has 2 aromatic rings. The zero-order chi connectivity index (χ0) is 13.9. The quantitative estimate of drug-likeness (QED) is 0.869. The fourth-order valence-corrected chi connectivity index (χ4v) is 2.45. The molecule has 0 fully saturated rings. The maximum Gasteiger partial charge on any atom is 0.112 e. The highest BCUT2D eigenvalue weighted by Crippen LogP contribution is 2.22. The Morgan fingerprint density at radius 2 is 2.05 bits per heavy atom. The van der Waals surface area contributed by atoms with Crippen LogP contribution in [0.2, 0.25) is 0 Å². The third-order valence-corrected chi connectivity index (χ3v) is 3.61. The molecular weight excluding hydrogens is 240 g/mol. The van der Waals surface area contributed by atoms with Gasteiger partial charge in [0, 0.05) is 20.1 Å². The van der Waals surface area contributed by atoms with Crippen LogP contribution in [-0.4, -0.2) is 34.0 Å². The molecule has 0 aliphatic carbocycles. The fourth-order valence-electron chi connectivity index (χ4n) is 2.45. The molecule has 2 rings (SSSR count). The van der Waals surface area contributed by atoms with E-state index in [0.29, 0.717) is 19.4 Å². The molecule has 1 aromatic carbocycles. The van der Waals surface area contributed by atoms with Crippen molar-refractivity contribution in [2.75, 3.05) is 13.7 Å². The first-order valence-electron chi connectivity index (χ1n) is 6.79. The molecule has 19 heavy (non-hydrogen) atoms. The van der Waals surface area contributed by atoms with Crippen LogP contribution in [-0.2, 0) is 17.7 Å². The fraction of sp³-hybridized carbons (Fsp3) is 0.533. The van der Waals surface area contributed by atoms with E-state index in [4.69, 9.17) is 4.74 Å². The SMILES string of the molecule is CCn1c(CC(O)(CC)COC)nc2ccccc21. The predicted octanol–water partition coefficient (Wildman–Crippen LogP) is 2.39. The first kappa shape index (κ1) is 14.0. The lowest BCUT2D eigenvalue weighted by molar-refractivity contribution is -0.0350. The molecular formula is C15H22N2O2. The molecule has 4 heteroatoms. The summed E-state index contributed by atoms with van der Waals surface area (Å²) in [5.41, 5.74) is 1.26. The van der Waals surface area contributed by atoms with Crippen LogP contribution < -0.4 is 0 Å². The highest BCUT2D eigenvalue weighted by atomic mass is 16.5. The molecule has 1 unspecified atom stereocenters. The van der Waals surface area contributed by atoms with Crippen molar-refractivity contribution in [2.45, 2.75) is 38.8 Å². The van der Waals surface area contributed by atoms with Gasteiger partial charge in [-0.1, -0.05) is 19.1 Å². The summed E-state index contributed by atoms with van der Waals surface area (Å²) in [7, 11) is 1.61. The van der Waals surface area contributed by atoms with E-state index in [2.05, 4.69) is 22.5 Å². The van der Waals surface area contributed by atoms with Gasteiger partial charge in [-0.15, -0.1) is 0 Å². The minimum atomic E-state index is -0.844. The standard InChI is InChI=1S/C15H22N2O2/c1-4-15(18,11-19-3)10-14-16-12-8-6-7-9-13(12)17(14)5-2/h6-9,18H,4-5,10-11H2,1-3H3. The first-order valence-corrected chi connectivity index (χ1v) is 6.79. The van der Waals surface area contributed by atoms with Crippen molar-refractivity contribution in [1.29, 1.82) is 0 Å². The molecule has 0 bridgehead atoms. The molecule has 4 nitrogen and oxygen atoms in total. The minimum absolute atomic E-state index is 0.330. The number of fused-ring (bicyclic) bond motifs is 1. The smallest absolute Gasteiger partial charge is 0.112 e. The van der Waals surface area contributed by atoms with E-state index < -0.39 is 5.60 Å². The van der Waals surface area contributed by atoms with Gasteiger partial charge in [0.05, 0.1) is 23.2 Å². The van der Waals surface area contributed by atoms with Gasteiger partial charge in [0.1, 0.15) is 5.82 Å². The Kier molecular flexibility index (Phi) is 4.22. The Morgan fingerprint density at radius 1 is 1.32 bits per heavy atom. The second kappa shape index (κ2) is 5.72. The van der Waals surface area contributed by atoms with Gasteiger partial charge < -0.3 is 14.4 Å². The highest BCUT2D eigenvalue weighted by Gasteiger charge is 2.27. The number of nitrogens with zero attached hydrogens (tertiary/aromatic N) is 2. The van der Waals surface area contributed by atoms with Crippen molar-refractivity contribution < 1.29 is 9.84 Å². The lowest BCUT2D eigenvalue weighted by atomic mass is 9.97. The lowest BCUT2D eigenvalue weighted by Gasteiger charge is -2.25. The number of aromatic nitrogens is 2. The summed E-state index contributed by atoms with van der Waals surface area (Å²) in [4.78, 5) is 4.65. The van der Waals surface area contributed by atoms with E-state index in [1.54, 1.807) is 7.11 Å². The Bertz CT molecular complexity index is 550. The Hall–Kier alpha value is -1.39. The molecule has 1 atom stereocenters. The van der Waals surface area contributed by atoms with Crippen LogP contribution >= 0.6 is 0 Å². The second-order valence-corrected chi connectivity index (χ2v) is 4.95. The topological polar surface area (TPSA) is 47.3 Å². The molecule has 0 amide bonds. The van der Waals surface area contributed by atoms with Crippen LogP contribution in [0.4, 0.5) is 0 Å². The van der Waals surface area contributed by atoms with E-state index in [1.165, 1.54) is 0 Å². The average molecular weight is 262 g/mol. The molecule has 104 valence electrons. The Labute approximate surface area is 114 Å². The van der Waals surface area contributed by atoms with Crippen LogP contribution in [0.1, 0.15) is 26.1 Å². The van der Waals surface area contributed by atoms with Crippen molar-refractivity contribution in [2.24, 2.45) is 0 Å². The number of ether oxygens (including phenoxy) is 1. The number of aryl methyl sites for hydroxylation is 1. The van der Waals surface area contributed by atoms with E-state index in [0.717, 1.165) is 23.4 Å². The largest absolute Gasteiger partial charge is 0.387 e. The highest BCUT2D eigenvalue weighted by molar-refractivity contribution is 5.75. The number of hydrogen-bond acceptors (Lipinski definition) is 3. The molecule has 1 aromatic heterocycles. The number of methoxy groups -OCH3 is 1. The molecule has 0 spiro atoms. The summed E-state index contributed by atoms with van der Waals surface area (Å²) in [6.45, 7) is 5.25. The second-order valence-electron chi connectivity index (χ2n) is 4.95. The van der Waals surface area contributed by atoms with Gasteiger partial charge in [0.25, 0.3) is 0 Å². The maximum atomic E-state index is 10.5. The van der Waals surface area contributed by atoms with Crippen molar-refractivity contribution in [1.82, 2.24) is 9.55 Å². The van der Waals surface area contributed by atoms with Gasteiger partial charge in [-0.05, 0) is 25.5 Å². The monoisotopic (exact) mass is 262 g/mol. The first-order chi connectivity index (χ1) is 9.13. The minimum Gasteiger partial charge on any atom is -0.387 e. The third kappa shape index (κ3) is 2.80. The van der Waals surface area contributed by atoms with Crippen LogP contribution in [0.15, 0.2) is 24.3 Å². The number of benzene rings is 1. The van der Waals surface area contributed by atoms with Gasteiger partial charge in [0.15, 0.2) is 0 Å². The van der Waals surface area contributed by atoms with Crippen LogP contribution in [0.25, 0.3) is 11.0 Å². The summed E-state index contributed by atoms with van der Waals surface area (Å²) in [5, 5.41) is 10.5. The molecule has 1 heterocycles. The number of rotatable bonds is 6. The number of hydrogen-bond donors (Lipinski definition) is 1. The number of aliphatic hydroxyl groups is 1. The summed E-state index contributed by atoms with van der Waals surface area (Å²) in [6, 6.07) is 8.07. The van der Waals surface area contributed by atoms with Crippen LogP contribution in [0.5, 0.6) is 0 Å². The Balaban J connectivity index is 2.39. The van der Waals surface area contributed by atoms with E-state index in [9.17, 15) is 5.11 Å². The third-order valence-electron chi connectivity index (χ3n) is 3.61. The number of para-hydroxylation sites is 2. The summed E-state index contributed by atoms with van der Waals surface area (Å²) >= 11 is 0. The van der Waals surface area contributed by atoms with Crippen molar-refractivity contribution in [3.63, 3.8) is 0 Å². The molecule has 0 aliphatic rings. The Morgan fingerprint density at radius 3 is 2.68 bits per heavy atom. The summed E-state index contributed by atoms with van der Waals surface area (Å²) in [6.07, 6.45) is 1.16. The van der Waals surface area contributed by atoms with Gasteiger partial charge in [-0.2, -0.15) is 0 Å². The molecule has 0 saturated carbocycles. The van der Waals surface area contributed by atoms with Crippen molar-refractivity contribution in [3.8, 4) is 0 Å². The van der Waals surface area contributed by atoms with Crippen LogP contribution in [0, 0.1) is 0 Å². The average Bonchev–Trinajstić information content (AvgIpc) is 2.75. The predicted molar refractivity (Wildman–Crippen MR) is 76.2 cm³/mol. The molecule has 0 aliphatic heterocycles. The van der Waals surface area contributed by atoms with Crippen molar-refractivity contribution in [3.05, 3.63) is 30.1 Å². The molecule has 0 saturated heterocycles. The maximum absolute atomic E-state index is 10.5. The summed E-state index contributed by atoms with van der Waals surface area (Å²) in [5.74, 6) is 0.921. The van der Waals surface area contributed by atoms with Crippen LogP contribution in [0.3, 0.4) is 0 Å². The zero-order valence-corrected chi connectivity index (χ0v) is 11.9. The van der Waals surface area contributed by atoms with E-state index in [1.807, 2.05) is 25.1 Å². The van der Waals surface area contributed by atoms with Gasteiger partial charge in [-0.25, -0.2) is 4.98 Å². The number of imidazole rings is 1. The van der Waals surface area contributed by atoms with E-state index >= 15 is 0 Å². The van der Waals surface area contributed by atoms with Gasteiger partial charge in [-0.3, -0.25) is 0 Å². The lowest BCUT2D eigenvalue weighted by Crippen LogP contribution is -2.36. The zero-order valence-electron chi connectivity index (χ0n) is 11.9. The normalized spacial score (nSPS) is 14.7. The van der Waals surface area contributed by atoms with Gasteiger partial charge in [0.2, 0.25) is 0 Å². The molecule has 1 N–H and O–H groups in total.